The molecular weight excluding hydrogens is 398 g/mol. The Labute approximate surface area is 169 Å². The lowest BCUT2D eigenvalue weighted by Gasteiger charge is -2.06. The van der Waals surface area contributed by atoms with Crippen molar-refractivity contribution in [2.24, 2.45) is 0 Å². The highest BCUT2D eigenvalue weighted by molar-refractivity contribution is 7.99. The van der Waals surface area contributed by atoms with Gasteiger partial charge < -0.3 is 15.0 Å². The maximum absolute atomic E-state index is 12.3. The Morgan fingerprint density at radius 1 is 1.25 bits per heavy atom. The Bertz CT molecular complexity index is 1090. The van der Waals surface area contributed by atoms with Gasteiger partial charge in [0.2, 0.25) is 5.91 Å². The lowest BCUT2D eigenvalue weighted by molar-refractivity contribution is -0.113. The van der Waals surface area contributed by atoms with Gasteiger partial charge in [-0.2, -0.15) is 0 Å². The van der Waals surface area contributed by atoms with Crippen LogP contribution >= 0.6 is 23.1 Å². The van der Waals surface area contributed by atoms with Crippen LogP contribution in [0.2, 0.25) is 0 Å². The average molecular weight is 418 g/mol. The number of esters is 1. The van der Waals surface area contributed by atoms with Crippen LogP contribution in [0.15, 0.2) is 34.2 Å². The number of fused-ring (bicyclic) bond motifs is 1. The van der Waals surface area contributed by atoms with Crippen molar-refractivity contribution < 1.29 is 14.3 Å². The minimum Gasteiger partial charge on any atom is -0.462 e. The fourth-order valence-corrected chi connectivity index (χ4v) is 4.29. The van der Waals surface area contributed by atoms with E-state index >= 15 is 0 Å². The van der Waals surface area contributed by atoms with E-state index in [1.54, 1.807) is 31.2 Å². The molecule has 0 spiro atoms. The first-order valence-corrected chi connectivity index (χ1v) is 10.4. The molecule has 0 unspecified atom stereocenters. The molecule has 2 heterocycles. The lowest BCUT2D eigenvalue weighted by Crippen LogP contribution is -2.15. The van der Waals surface area contributed by atoms with Gasteiger partial charge in [-0.05, 0) is 50.6 Å². The predicted molar refractivity (Wildman–Crippen MR) is 111 cm³/mol. The second kappa shape index (κ2) is 8.57. The normalized spacial score (nSPS) is 10.8. The van der Waals surface area contributed by atoms with Crippen molar-refractivity contribution in [2.75, 3.05) is 17.7 Å². The summed E-state index contributed by atoms with van der Waals surface area (Å²) in [5.41, 5.74) is 1.74. The summed E-state index contributed by atoms with van der Waals surface area (Å²) in [5, 5.41) is 3.76. The number of thiophene rings is 1. The van der Waals surface area contributed by atoms with Crippen LogP contribution in [-0.2, 0) is 9.53 Å². The van der Waals surface area contributed by atoms with Crippen LogP contribution in [0, 0.1) is 13.8 Å². The standard InChI is InChI=1S/C19H19N3O4S2/c1-4-26-18(25)12-5-7-13(8-6-12)20-14(23)9-27-19-21-16(24)15-10(2)11(3)28-17(15)22-19/h5-8H,4,9H2,1-3H3,(H,20,23)(H,21,22,24). The molecule has 0 aliphatic carbocycles. The van der Waals surface area contributed by atoms with Crippen molar-refractivity contribution in [3.05, 3.63) is 50.6 Å². The van der Waals surface area contributed by atoms with Crippen molar-refractivity contribution in [2.45, 2.75) is 25.9 Å². The zero-order valence-electron chi connectivity index (χ0n) is 15.6. The van der Waals surface area contributed by atoms with Crippen LogP contribution in [0.25, 0.3) is 10.2 Å². The van der Waals surface area contributed by atoms with E-state index in [1.807, 2.05) is 13.8 Å². The van der Waals surface area contributed by atoms with Crippen LogP contribution in [0.3, 0.4) is 0 Å². The summed E-state index contributed by atoms with van der Waals surface area (Å²) in [6.07, 6.45) is 0. The second-order valence-electron chi connectivity index (χ2n) is 5.97. The molecule has 0 saturated heterocycles. The Balaban J connectivity index is 1.62. The Morgan fingerprint density at radius 3 is 2.64 bits per heavy atom. The number of hydrogen-bond donors (Lipinski definition) is 2. The number of hydrogen-bond acceptors (Lipinski definition) is 7. The van der Waals surface area contributed by atoms with E-state index in [4.69, 9.17) is 4.74 Å². The SMILES string of the molecule is CCOC(=O)c1ccc(NC(=O)CSc2nc3sc(C)c(C)c3c(=O)[nH]2)cc1. The number of thioether (sulfide) groups is 1. The van der Waals surface area contributed by atoms with Gasteiger partial charge in [-0.3, -0.25) is 9.59 Å². The molecule has 0 bridgehead atoms. The number of aryl methyl sites for hydroxylation is 2. The third-order valence-corrected chi connectivity index (χ3v) is 6.01. The smallest absolute Gasteiger partial charge is 0.338 e. The number of benzene rings is 1. The molecule has 2 N–H and O–H groups in total. The largest absolute Gasteiger partial charge is 0.462 e. The molecule has 7 nitrogen and oxygen atoms in total. The van der Waals surface area contributed by atoms with E-state index < -0.39 is 5.97 Å². The van der Waals surface area contributed by atoms with Gasteiger partial charge in [-0.25, -0.2) is 9.78 Å². The number of aromatic amines is 1. The highest BCUT2D eigenvalue weighted by Gasteiger charge is 2.13. The molecule has 0 aliphatic heterocycles. The summed E-state index contributed by atoms with van der Waals surface area (Å²) in [6.45, 7) is 5.90. The maximum Gasteiger partial charge on any atom is 0.338 e. The topological polar surface area (TPSA) is 101 Å². The van der Waals surface area contributed by atoms with Crippen LogP contribution in [0.1, 0.15) is 27.7 Å². The number of carbonyl (C=O) groups is 2. The number of rotatable bonds is 6. The second-order valence-corrected chi connectivity index (χ2v) is 8.14. The van der Waals surface area contributed by atoms with Gasteiger partial charge in [-0.1, -0.05) is 11.8 Å². The zero-order valence-corrected chi connectivity index (χ0v) is 17.3. The lowest BCUT2D eigenvalue weighted by atomic mass is 10.2. The molecule has 146 valence electrons. The fraction of sp³-hybridized carbons (Fsp3) is 0.263. The molecular formula is C19H19N3O4S2. The molecule has 1 amide bonds. The first-order chi connectivity index (χ1) is 13.4. The summed E-state index contributed by atoms with van der Waals surface area (Å²) < 4.78 is 4.92. The third kappa shape index (κ3) is 4.42. The Hall–Kier alpha value is -2.65. The first-order valence-electron chi connectivity index (χ1n) is 8.59. The molecule has 3 rings (SSSR count). The first kappa shape index (κ1) is 20.1. The van der Waals surface area contributed by atoms with Crippen molar-refractivity contribution in [1.82, 2.24) is 9.97 Å². The molecule has 1 aromatic carbocycles. The average Bonchev–Trinajstić information content (AvgIpc) is 2.95. The van der Waals surface area contributed by atoms with E-state index in [2.05, 4.69) is 15.3 Å². The number of nitrogens with one attached hydrogen (secondary N) is 2. The van der Waals surface area contributed by atoms with Crippen LogP contribution in [-0.4, -0.2) is 34.2 Å². The fourth-order valence-electron chi connectivity index (χ4n) is 2.54. The number of H-pyrrole nitrogens is 1. The van der Waals surface area contributed by atoms with Gasteiger partial charge in [-0.15, -0.1) is 11.3 Å². The summed E-state index contributed by atoms with van der Waals surface area (Å²) in [7, 11) is 0. The number of carbonyl (C=O) groups excluding carboxylic acids is 2. The number of ether oxygens (including phenoxy) is 1. The van der Waals surface area contributed by atoms with E-state index in [9.17, 15) is 14.4 Å². The van der Waals surface area contributed by atoms with Gasteiger partial charge in [0.15, 0.2) is 5.16 Å². The van der Waals surface area contributed by atoms with Gasteiger partial charge in [0, 0.05) is 10.6 Å². The van der Waals surface area contributed by atoms with Gasteiger partial charge in [0.25, 0.3) is 5.56 Å². The van der Waals surface area contributed by atoms with Crippen molar-refractivity contribution in [3.8, 4) is 0 Å². The number of nitrogens with zero attached hydrogens (tertiary/aromatic N) is 1. The quantitative estimate of drug-likeness (QED) is 0.362. The van der Waals surface area contributed by atoms with E-state index in [0.29, 0.717) is 33.2 Å². The van der Waals surface area contributed by atoms with E-state index in [0.717, 1.165) is 22.2 Å². The molecule has 9 heteroatoms. The summed E-state index contributed by atoms with van der Waals surface area (Å²) >= 11 is 2.63. The van der Waals surface area contributed by atoms with Crippen molar-refractivity contribution >= 4 is 50.9 Å². The Morgan fingerprint density at radius 2 is 1.96 bits per heavy atom. The summed E-state index contributed by atoms with van der Waals surface area (Å²) in [4.78, 5) is 45.0. The monoisotopic (exact) mass is 417 g/mol. The van der Waals surface area contributed by atoms with Crippen LogP contribution < -0.4 is 10.9 Å². The van der Waals surface area contributed by atoms with Crippen molar-refractivity contribution in [1.29, 1.82) is 0 Å². The summed E-state index contributed by atoms with van der Waals surface area (Å²) in [6, 6.07) is 6.46. The maximum atomic E-state index is 12.3. The molecule has 0 saturated carbocycles. The molecule has 28 heavy (non-hydrogen) atoms. The minimum absolute atomic E-state index is 0.0947. The highest BCUT2D eigenvalue weighted by Crippen LogP contribution is 2.27. The number of aromatic nitrogens is 2. The van der Waals surface area contributed by atoms with E-state index in [-0.39, 0.29) is 17.2 Å². The molecule has 3 aromatic rings. The van der Waals surface area contributed by atoms with Gasteiger partial charge in [0.05, 0.1) is 23.3 Å². The molecule has 0 fully saturated rings. The molecule has 2 aromatic heterocycles. The predicted octanol–water partition coefficient (Wildman–Crippen LogP) is 3.51. The molecule has 0 atom stereocenters. The molecule has 0 radical (unpaired) electrons. The highest BCUT2D eigenvalue weighted by atomic mass is 32.2. The van der Waals surface area contributed by atoms with Crippen LogP contribution in [0.4, 0.5) is 5.69 Å². The zero-order chi connectivity index (χ0) is 20.3. The van der Waals surface area contributed by atoms with E-state index in [1.165, 1.54) is 11.3 Å². The minimum atomic E-state index is -0.402. The van der Waals surface area contributed by atoms with Gasteiger partial charge >= 0.3 is 5.97 Å². The van der Waals surface area contributed by atoms with Crippen LogP contribution in [0.5, 0.6) is 0 Å². The molecule has 0 aliphatic rings. The number of amides is 1. The van der Waals surface area contributed by atoms with Gasteiger partial charge in [0.1, 0.15) is 4.83 Å². The number of anilines is 1. The van der Waals surface area contributed by atoms with Crippen molar-refractivity contribution in [3.63, 3.8) is 0 Å². The summed E-state index contributed by atoms with van der Waals surface area (Å²) in [5.74, 6) is -0.548. The Kier molecular flexibility index (Phi) is 6.15. The third-order valence-electron chi connectivity index (χ3n) is 4.04.